The molecule has 0 bridgehead atoms. The largest absolute Gasteiger partial charge is 0.461 e. The van der Waals surface area contributed by atoms with E-state index < -0.39 is 0 Å². The van der Waals surface area contributed by atoms with E-state index in [1.165, 1.54) is 24.0 Å². The molecule has 0 N–H and O–H groups in total. The summed E-state index contributed by atoms with van der Waals surface area (Å²) < 4.78 is 5.15. The van der Waals surface area contributed by atoms with Gasteiger partial charge >= 0.3 is 5.97 Å². The predicted molar refractivity (Wildman–Crippen MR) is 75.5 cm³/mol. The third-order valence-corrected chi connectivity index (χ3v) is 3.42. The van der Waals surface area contributed by atoms with E-state index in [-0.39, 0.29) is 5.97 Å². The van der Waals surface area contributed by atoms with Crippen LogP contribution in [-0.4, -0.2) is 24.0 Å². The van der Waals surface area contributed by atoms with Crippen LogP contribution in [-0.2, 0) is 29.1 Å². The highest BCUT2D eigenvalue weighted by molar-refractivity contribution is 5.66. The number of hydrogen-bond donors (Lipinski definition) is 0. The molecule has 0 amide bonds. The molecule has 1 aromatic rings. The van der Waals surface area contributed by atoms with Crippen LogP contribution in [0, 0.1) is 5.92 Å². The Balaban J connectivity index is 2.13. The molecule has 19 heavy (non-hydrogen) atoms. The topological polar surface area (TPSA) is 29.5 Å². The van der Waals surface area contributed by atoms with E-state index in [1.807, 2.05) is 0 Å². The average molecular weight is 260 g/mol. The van der Waals surface area contributed by atoms with Crippen LogP contribution in [0.15, 0.2) is 18.2 Å². The Bertz CT molecular complexity index is 454. The summed E-state index contributed by atoms with van der Waals surface area (Å²) in [5.74, 6) is 1.21. The Hall–Kier alpha value is -1.35. The second kappa shape index (κ2) is 6.20. The average Bonchev–Trinajstić information content (AvgIpc) is 2.35. The van der Waals surface area contributed by atoms with E-state index in [1.54, 1.807) is 0 Å². The molecule has 0 aromatic heterocycles. The Morgan fingerprint density at radius 1 is 1.32 bits per heavy atom. The molecular weight excluding hydrogens is 238 g/mol. The summed E-state index contributed by atoms with van der Waals surface area (Å²) in [4.78, 5) is 13.4. The van der Waals surface area contributed by atoms with Gasteiger partial charge in [-0.15, -0.1) is 0 Å². The summed E-state index contributed by atoms with van der Waals surface area (Å²) in [5, 5.41) is 0. The summed E-state index contributed by atoms with van der Waals surface area (Å²) in [7, 11) is 0. The van der Waals surface area contributed by atoms with Gasteiger partial charge < -0.3 is 4.74 Å². The van der Waals surface area contributed by atoms with Gasteiger partial charge in [-0.25, -0.2) is 0 Å². The summed E-state index contributed by atoms with van der Waals surface area (Å²) in [6, 6.07) is 6.31. The molecule has 0 aliphatic carbocycles. The highest BCUT2D eigenvalue weighted by Gasteiger charge is 2.19. The van der Waals surface area contributed by atoms with Crippen molar-refractivity contribution in [2.45, 2.75) is 40.3 Å². The zero-order valence-corrected chi connectivity index (χ0v) is 12.0. The molecule has 1 aliphatic rings. The first-order valence-electron chi connectivity index (χ1n) is 6.80. The smallest absolute Gasteiger partial charge is 0.302 e. The van der Waals surface area contributed by atoms with Gasteiger partial charge in [-0.3, -0.25) is 9.69 Å². The minimum absolute atomic E-state index is 0.219. The zero-order valence-electron chi connectivity index (χ0n) is 12.0. The summed E-state index contributed by atoms with van der Waals surface area (Å²) in [5.41, 5.74) is 3.89. The minimum atomic E-state index is -0.219. The number of esters is 1. The van der Waals surface area contributed by atoms with Gasteiger partial charge in [0.2, 0.25) is 0 Å². The molecule has 3 nitrogen and oxygen atoms in total. The lowest BCUT2D eigenvalue weighted by atomic mass is 9.94. The summed E-state index contributed by atoms with van der Waals surface area (Å²) in [6.07, 6.45) is 1.08. The van der Waals surface area contributed by atoms with Gasteiger partial charge in [-0.1, -0.05) is 32.0 Å². The van der Waals surface area contributed by atoms with Crippen LogP contribution in [0.5, 0.6) is 0 Å². The van der Waals surface area contributed by atoms with Crippen molar-refractivity contribution >= 4 is 5.97 Å². The van der Waals surface area contributed by atoms with Crippen molar-refractivity contribution in [2.24, 2.45) is 0 Å². The van der Waals surface area contributed by atoms with E-state index in [9.17, 15) is 4.79 Å². The third-order valence-electron chi connectivity index (χ3n) is 3.42. The van der Waals surface area contributed by atoms with Crippen LogP contribution in [0.3, 0.4) is 0 Å². The first-order valence-corrected chi connectivity index (χ1v) is 6.80. The van der Waals surface area contributed by atoms with Crippen LogP contribution in [0.2, 0.25) is 0 Å². The predicted octanol–water partition coefficient (Wildman–Crippen LogP) is 2.72. The van der Waals surface area contributed by atoms with Crippen molar-refractivity contribution in [3.05, 3.63) is 40.8 Å². The molecule has 2 rings (SSSR count). The van der Waals surface area contributed by atoms with Gasteiger partial charge in [-0.05, 0) is 29.0 Å². The molecule has 0 atom stereocenters. The number of carbonyl (C=O) groups excluding carboxylic acids is 1. The number of hydrogen-bond acceptors (Lipinski definition) is 3. The Morgan fingerprint density at radius 3 is 2.79 bits per heavy atom. The molecule has 1 aliphatic heterocycles. The number of nitrogens with zero attached hydrogens (tertiary/aromatic N) is 1. The molecule has 0 saturated carbocycles. The molecule has 0 saturated heterocycles. The maximum Gasteiger partial charge on any atom is 0.302 e. The Kier molecular flexibility index (Phi) is 4.59. The fourth-order valence-corrected chi connectivity index (χ4v) is 2.60. The molecule has 3 heteroatoms. The molecule has 103 valence electrons. The quantitative estimate of drug-likeness (QED) is 0.780. The SMILES string of the molecule is C[C](C)CN1CCc2cccc(COC(C)=O)c2C1. The van der Waals surface area contributed by atoms with Crippen LogP contribution < -0.4 is 0 Å². The number of rotatable bonds is 4. The highest BCUT2D eigenvalue weighted by atomic mass is 16.5. The second-order valence-corrected chi connectivity index (χ2v) is 5.50. The number of benzene rings is 1. The number of ether oxygens (including phenoxy) is 1. The molecule has 1 radical (unpaired) electrons. The van der Waals surface area contributed by atoms with Gasteiger partial charge in [0.1, 0.15) is 6.61 Å². The van der Waals surface area contributed by atoms with Gasteiger partial charge in [-0.2, -0.15) is 0 Å². The summed E-state index contributed by atoms with van der Waals surface area (Å²) in [6.45, 7) is 9.29. The van der Waals surface area contributed by atoms with Crippen molar-refractivity contribution in [2.75, 3.05) is 13.1 Å². The molecule has 0 spiro atoms. The van der Waals surface area contributed by atoms with Crippen LogP contribution in [0.4, 0.5) is 0 Å². The van der Waals surface area contributed by atoms with E-state index in [4.69, 9.17) is 4.74 Å². The first-order chi connectivity index (χ1) is 9.06. The maximum absolute atomic E-state index is 11.0. The van der Waals surface area contributed by atoms with Crippen molar-refractivity contribution in [1.82, 2.24) is 4.90 Å². The van der Waals surface area contributed by atoms with E-state index in [2.05, 4.69) is 36.9 Å². The van der Waals surface area contributed by atoms with Gasteiger partial charge in [0.15, 0.2) is 0 Å². The van der Waals surface area contributed by atoms with E-state index in [0.29, 0.717) is 6.61 Å². The molecule has 0 unspecified atom stereocenters. The van der Waals surface area contributed by atoms with Crippen molar-refractivity contribution < 1.29 is 9.53 Å². The Morgan fingerprint density at radius 2 is 2.11 bits per heavy atom. The molecule has 0 fully saturated rings. The van der Waals surface area contributed by atoms with Crippen molar-refractivity contribution in [3.63, 3.8) is 0 Å². The normalized spacial score (nSPS) is 15.4. The van der Waals surface area contributed by atoms with Crippen molar-refractivity contribution in [1.29, 1.82) is 0 Å². The third kappa shape index (κ3) is 3.80. The molecule has 1 heterocycles. The lowest BCUT2D eigenvalue weighted by molar-refractivity contribution is -0.142. The molecular formula is C16H22NO2. The van der Waals surface area contributed by atoms with E-state index >= 15 is 0 Å². The standard InChI is InChI=1S/C16H22NO2/c1-12(2)9-17-8-7-14-5-4-6-15(16(14)10-17)11-19-13(3)18/h4-6H,7-11H2,1-3H3. The number of fused-ring (bicyclic) bond motifs is 1. The van der Waals surface area contributed by atoms with Crippen LogP contribution in [0.25, 0.3) is 0 Å². The fraction of sp³-hybridized carbons (Fsp3) is 0.500. The van der Waals surface area contributed by atoms with Gasteiger partial charge in [0, 0.05) is 26.6 Å². The monoisotopic (exact) mass is 260 g/mol. The maximum atomic E-state index is 11.0. The van der Waals surface area contributed by atoms with Crippen LogP contribution >= 0.6 is 0 Å². The van der Waals surface area contributed by atoms with Crippen LogP contribution in [0.1, 0.15) is 37.5 Å². The van der Waals surface area contributed by atoms with Gasteiger partial charge in [0.25, 0.3) is 0 Å². The lowest BCUT2D eigenvalue weighted by Crippen LogP contribution is -2.33. The van der Waals surface area contributed by atoms with Crippen molar-refractivity contribution in [3.8, 4) is 0 Å². The first kappa shape index (κ1) is 14.1. The van der Waals surface area contributed by atoms with Gasteiger partial charge in [0.05, 0.1) is 0 Å². The number of carbonyl (C=O) groups is 1. The Labute approximate surface area is 115 Å². The minimum Gasteiger partial charge on any atom is -0.461 e. The lowest BCUT2D eigenvalue weighted by Gasteiger charge is -2.31. The van der Waals surface area contributed by atoms with E-state index in [0.717, 1.165) is 31.6 Å². The zero-order chi connectivity index (χ0) is 13.8. The fourth-order valence-electron chi connectivity index (χ4n) is 2.60. The highest BCUT2D eigenvalue weighted by Crippen LogP contribution is 2.24. The molecule has 1 aromatic carbocycles. The second-order valence-electron chi connectivity index (χ2n) is 5.50. The summed E-state index contributed by atoms with van der Waals surface area (Å²) >= 11 is 0.